The summed E-state index contributed by atoms with van der Waals surface area (Å²) in [5, 5.41) is 7.16. The summed E-state index contributed by atoms with van der Waals surface area (Å²) >= 11 is 0. The third kappa shape index (κ3) is 6.66. The molecule has 0 aromatic carbocycles. The molecular formula is C10H13N2O+. The van der Waals surface area contributed by atoms with Crippen molar-refractivity contribution in [2.45, 2.75) is 13.8 Å². The number of nitrogens with zero attached hydrogens (tertiary/aromatic N) is 1. The SMILES string of the molecule is C=[N+]=CC(=O)/C=C/C(C)=C/C(C)=N. The predicted octanol–water partition coefficient (Wildman–Crippen LogP) is 0.936. The van der Waals surface area contributed by atoms with Crippen molar-refractivity contribution in [1.82, 2.24) is 4.67 Å². The second-order valence-electron chi connectivity index (χ2n) is 2.62. The number of carbonyl (C=O) groups is 1. The molecule has 0 rings (SSSR count). The summed E-state index contributed by atoms with van der Waals surface area (Å²) in [7, 11) is 0. The molecule has 0 amide bonds. The van der Waals surface area contributed by atoms with Gasteiger partial charge in [-0.15, -0.1) is 4.67 Å². The van der Waals surface area contributed by atoms with E-state index in [1.54, 1.807) is 19.1 Å². The Morgan fingerprint density at radius 3 is 2.46 bits per heavy atom. The van der Waals surface area contributed by atoms with Crippen molar-refractivity contribution in [3.63, 3.8) is 0 Å². The Morgan fingerprint density at radius 1 is 1.38 bits per heavy atom. The van der Waals surface area contributed by atoms with E-state index in [4.69, 9.17) is 5.41 Å². The minimum absolute atomic E-state index is 0.203. The third-order valence-corrected chi connectivity index (χ3v) is 1.17. The number of allylic oxidation sites excluding steroid dienone is 4. The molecule has 0 atom stereocenters. The normalized spacial score (nSPS) is 11.1. The first kappa shape index (κ1) is 11.3. The van der Waals surface area contributed by atoms with E-state index >= 15 is 0 Å². The number of hydrogen-bond acceptors (Lipinski definition) is 2. The molecule has 0 spiro atoms. The summed E-state index contributed by atoms with van der Waals surface area (Å²) in [5.41, 5.74) is 1.32. The highest BCUT2D eigenvalue weighted by molar-refractivity contribution is 6.32. The van der Waals surface area contributed by atoms with Gasteiger partial charge in [-0.25, -0.2) is 0 Å². The van der Waals surface area contributed by atoms with Crippen LogP contribution in [0.15, 0.2) is 23.8 Å². The molecule has 68 valence electrons. The highest BCUT2D eigenvalue weighted by Crippen LogP contribution is 1.94. The van der Waals surface area contributed by atoms with Crippen LogP contribution in [0.25, 0.3) is 0 Å². The van der Waals surface area contributed by atoms with E-state index in [2.05, 4.69) is 11.4 Å². The fourth-order valence-corrected chi connectivity index (χ4v) is 0.736. The lowest BCUT2D eigenvalue weighted by molar-refractivity contribution is -0.108. The van der Waals surface area contributed by atoms with Crippen molar-refractivity contribution in [2.75, 3.05) is 0 Å². The van der Waals surface area contributed by atoms with Crippen LogP contribution in [0.2, 0.25) is 0 Å². The van der Waals surface area contributed by atoms with Gasteiger partial charge in [0.2, 0.25) is 0 Å². The lowest BCUT2D eigenvalue weighted by Crippen LogP contribution is -1.95. The van der Waals surface area contributed by atoms with Crippen LogP contribution in [0.5, 0.6) is 0 Å². The van der Waals surface area contributed by atoms with Gasteiger partial charge in [-0.3, -0.25) is 4.79 Å². The van der Waals surface area contributed by atoms with Crippen LogP contribution >= 0.6 is 0 Å². The first-order chi connectivity index (χ1) is 6.06. The minimum atomic E-state index is -0.203. The number of ketones is 1. The first-order valence-electron chi connectivity index (χ1n) is 3.81. The molecule has 0 radical (unpaired) electrons. The van der Waals surface area contributed by atoms with Crippen molar-refractivity contribution < 1.29 is 4.79 Å². The van der Waals surface area contributed by atoms with E-state index < -0.39 is 0 Å². The summed E-state index contributed by atoms with van der Waals surface area (Å²) < 4.78 is 3.34. The van der Waals surface area contributed by atoms with Crippen LogP contribution in [-0.4, -0.2) is 24.4 Å². The minimum Gasteiger partial charge on any atom is -0.306 e. The van der Waals surface area contributed by atoms with Crippen LogP contribution in [0.1, 0.15) is 13.8 Å². The molecule has 0 aliphatic heterocycles. The fraction of sp³-hybridized carbons (Fsp3) is 0.200. The average molecular weight is 177 g/mol. The van der Waals surface area contributed by atoms with E-state index in [1.165, 1.54) is 6.08 Å². The molecule has 3 nitrogen and oxygen atoms in total. The summed E-state index contributed by atoms with van der Waals surface area (Å²) in [6.45, 7) is 6.67. The summed E-state index contributed by atoms with van der Waals surface area (Å²) in [6, 6.07) is 0. The molecule has 0 unspecified atom stereocenters. The van der Waals surface area contributed by atoms with Crippen LogP contribution in [0.3, 0.4) is 0 Å². The van der Waals surface area contributed by atoms with E-state index in [9.17, 15) is 4.79 Å². The maximum absolute atomic E-state index is 10.9. The van der Waals surface area contributed by atoms with Gasteiger partial charge in [0.1, 0.15) is 0 Å². The smallest absolute Gasteiger partial charge is 0.306 e. The van der Waals surface area contributed by atoms with Crippen LogP contribution in [0.4, 0.5) is 0 Å². The largest absolute Gasteiger partial charge is 0.338 e. The molecule has 0 saturated heterocycles. The van der Waals surface area contributed by atoms with Gasteiger partial charge >= 0.3 is 6.21 Å². The van der Waals surface area contributed by atoms with E-state index in [0.29, 0.717) is 5.71 Å². The highest BCUT2D eigenvalue weighted by Gasteiger charge is 1.94. The zero-order chi connectivity index (χ0) is 10.3. The Hall–Kier alpha value is -1.73. The topological polar surface area (TPSA) is 55.0 Å². The molecule has 0 aliphatic rings. The Kier molecular flexibility index (Phi) is 5.08. The molecule has 0 aliphatic carbocycles. The number of carbonyl (C=O) groups excluding carboxylic acids is 1. The van der Waals surface area contributed by atoms with Gasteiger partial charge in [-0.05, 0) is 31.6 Å². The third-order valence-electron chi connectivity index (χ3n) is 1.17. The second-order valence-corrected chi connectivity index (χ2v) is 2.62. The molecule has 13 heavy (non-hydrogen) atoms. The van der Waals surface area contributed by atoms with Gasteiger partial charge in [0.25, 0.3) is 12.5 Å². The van der Waals surface area contributed by atoms with Crippen molar-refractivity contribution >= 4 is 24.4 Å². The quantitative estimate of drug-likeness (QED) is 0.295. The predicted molar refractivity (Wildman–Crippen MR) is 56.6 cm³/mol. The monoisotopic (exact) mass is 177 g/mol. The summed E-state index contributed by atoms with van der Waals surface area (Å²) in [6.07, 6.45) is 5.84. The molecule has 0 heterocycles. The van der Waals surface area contributed by atoms with Gasteiger partial charge in [0, 0.05) is 5.71 Å². The standard InChI is InChI=1S/C10H13N2O/c1-8(6-9(2)11)4-5-10(13)7-12-3/h4-7,11H,3H2,1-2H3/q+1/b5-4+,8-6+,11-9?. The van der Waals surface area contributed by atoms with Gasteiger partial charge in [-0.2, -0.15) is 0 Å². The zero-order valence-electron chi connectivity index (χ0n) is 7.87. The average Bonchev–Trinajstić information content (AvgIpc) is 2.00. The second kappa shape index (κ2) is 5.86. The number of rotatable bonds is 4. The number of hydrogen-bond donors (Lipinski definition) is 1. The van der Waals surface area contributed by atoms with Crippen molar-refractivity contribution in [2.24, 2.45) is 0 Å². The molecule has 0 saturated carbocycles. The molecule has 3 heteroatoms. The van der Waals surface area contributed by atoms with Crippen LogP contribution < -0.4 is 4.67 Å². The first-order valence-corrected chi connectivity index (χ1v) is 3.81. The van der Waals surface area contributed by atoms with E-state index in [-0.39, 0.29) is 5.78 Å². The Bertz CT molecular complexity index is 318. The molecule has 0 aromatic heterocycles. The molecule has 0 aromatic rings. The Labute approximate surface area is 77.7 Å². The lowest BCUT2D eigenvalue weighted by atomic mass is 10.2. The van der Waals surface area contributed by atoms with E-state index in [1.807, 2.05) is 6.92 Å². The Balaban J connectivity index is 4.35. The molecule has 0 bridgehead atoms. The molecule has 1 N–H and O–H groups in total. The fourth-order valence-electron chi connectivity index (χ4n) is 0.736. The zero-order valence-corrected chi connectivity index (χ0v) is 7.87. The van der Waals surface area contributed by atoms with Crippen LogP contribution in [-0.2, 0) is 4.79 Å². The van der Waals surface area contributed by atoms with E-state index in [0.717, 1.165) is 11.8 Å². The Morgan fingerprint density at radius 2 is 2.00 bits per heavy atom. The summed E-state index contributed by atoms with van der Waals surface area (Å²) in [4.78, 5) is 10.9. The van der Waals surface area contributed by atoms with Crippen molar-refractivity contribution in [3.8, 4) is 0 Å². The molecule has 0 fully saturated rings. The van der Waals surface area contributed by atoms with Gasteiger partial charge < -0.3 is 5.41 Å². The van der Waals surface area contributed by atoms with Gasteiger partial charge in [0.15, 0.2) is 0 Å². The van der Waals surface area contributed by atoms with Crippen molar-refractivity contribution in [3.05, 3.63) is 23.8 Å². The lowest BCUT2D eigenvalue weighted by Gasteiger charge is -1.88. The highest BCUT2D eigenvalue weighted by atomic mass is 16.1. The van der Waals surface area contributed by atoms with Gasteiger partial charge in [0.05, 0.1) is 0 Å². The summed E-state index contributed by atoms with van der Waals surface area (Å²) in [5.74, 6) is -0.203. The van der Waals surface area contributed by atoms with Crippen LogP contribution in [0, 0.1) is 5.41 Å². The van der Waals surface area contributed by atoms with Crippen molar-refractivity contribution in [1.29, 1.82) is 5.41 Å². The molecular weight excluding hydrogens is 164 g/mol. The number of nitrogens with one attached hydrogen (secondary N) is 1. The maximum Gasteiger partial charge on any atom is 0.338 e. The maximum atomic E-state index is 10.9. The van der Waals surface area contributed by atoms with Gasteiger partial charge in [-0.1, -0.05) is 6.08 Å².